The van der Waals surface area contributed by atoms with Crippen LogP contribution in [0, 0.1) is 5.92 Å². The van der Waals surface area contributed by atoms with Gasteiger partial charge in [0.05, 0.1) is 6.20 Å². The maximum Gasteiger partial charge on any atom is 0.249 e. The van der Waals surface area contributed by atoms with Crippen LogP contribution in [0.3, 0.4) is 0 Å². The largest absolute Gasteiger partial charge is 0.351 e. The topological polar surface area (TPSA) is 73.4 Å². The summed E-state index contributed by atoms with van der Waals surface area (Å²) in [7, 11) is 1.85. The molecule has 3 aliphatic rings. The van der Waals surface area contributed by atoms with Crippen molar-refractivity contribution in [1.82, 2.24) is 15.3 Å². The summed E-state index contributed by atoms with van der Waals surface area (Å²) in [5, 5.41) is 6.98. The second-order valence-corrected chi connectivity index (χ2v) is 8.59. The van der Waals surface area contributed by atoms with Gasteiger partial charge in [0.2, 0.25) is 11.9 Å². The molecule has 0 radical (unpaired) electrons. The predicted molar refractivity (Wildman–Crippen MR) is 113 cm³/mol. The Morgan fingerprint density at radius 2 is 1.96 bits per heavy atom. The standard InChI is InChI=1S/C21H34N6O/c1-4-17-20(28)26(3)18-13-23-21(24-14(2)15-9-11-22-12-10-15)25-19(18)27(17)16-7-5-6-8-16/h13-17,22H,4-12H2,1-3H3,(H,23,24,25)/t14-,17+/m0/s1. The lowest BCUT2D eigenvalue weighted by Gasteiger charge is -2.43. The van der Waals surface area contributed by atoms with Gasteiger partial charge in [-0.1, -0.05) is 19.8 Å². The zero-order valence-electron chi connectivity index (χ0n) is 17.4. The molecule has 1 saturated heterocycles. The van der Waals surface area contributed by atoms with Crippen LogP contribution in [0.2, 0.25) is 0 Å². The SMILES string of the molecule is CC[C@@H]1C(=O)N(C)c2cnc(N[C@@H](C)C3CCNCC3)nc2N1C1CCCC1. The summed E-state index contributed by atoms with van der Waals surface area (Å²) in [5.41, 5.74) is 0.835. The number of nitrogens with zero attached hydrogens (tertiary/aromatic N) is 4. The second-order valence-electron chi connectivity index (χ2n) is 8.59. The summed E-state index contributed by atoms with van der Waals surface area (Å²) in [6.07, 6.45) is 9.75. The van der Waals surface area contributed by atoms with Crippen LogP contribution in [0.25, 0.3) is 0 Å². The molecular weight excluding hydrogens is 352 g/mol. The number of nitrogens with one attached hydrogen (secondary N) is 2. The van der Waals surface area contributed by atoms with Crippen LogP contribution in [-0.2, 0) is 4.79 Å². The molecule has 2 fully saturated rings. The van der Waals surface area contributed by atoms with E-state index in [0.29, 0.717) is 23.9 Å². The van der Waals surface area contributed by atoms with Gasteiger partial charge in [0.25, 0.3) is 0 Å². The third-order valence-corrected chi connectivity index (χ3v) is 6.86. The van der Waals surface area contributed by atoms with Crippen LogP contribution in [0.1, 0.15) is 58.8 Å². The Hall–Kier alpha value is -1.89. The first-order valence-electron chi connectivity index (χ1n) is 11.0. The Morgan fingerprint density at radius 3 is 2.64 bits per heavy atom. The second kappa shape index (κ2) is 8.23. The number of rotatable bonds is 5. The van der Waals surface area contributed by atoms with Crippen LogP contribution < -0.4 is 20.4 Å². The van der Waals surface area contributed by atoms with Crippen molar-refractivity contribution >= 4 is 23.4 Å². The highest BCUT2D eigenvalue weighted by Crippen LogP contribution is 2.39. The fraction of sp³-hybridized carbons (Fsp3) is 0.762. The van der Waals surface area contributed by atoms with Gasteiger partial charge in [0, 0.05) is 19.1 Å². The molecular formula is C21H34N6O. The monoisotopic (exact) mass is 386 g/mol. The fourth-order valence-electron chi connectivity index (χ4n) is 5.12. The van der Waals surface area contributed by atoms with Gasteiger partial charge in [-0.2, -0.15) is 4.98 Å². The number of amides is 1. The van der Waals surface area contributed by atoms with Gasteiger partial charge in [-0.05, 0) is 58.0 Å². The third-order valence-electron chi connectivity index (χ3n) is 6.86. The van der Waals surface area contributed by atoms with Gasteiger partial charge in [-0.3, -0.25) is 4.79 Å². The summed E-state index contributed by atoms with van der Waals surface area (Å²) in [5.74, 6) is 2.41. The average Bonchev–Trinajstić information content (AvgIpc) is 3.25. The Morgan fingerprint density at radius 1 is 1.25 bits per heavy atom. The van der Waals surface area contributed by atoms with Crippen LogP contribution in [0.4, 0.5) is 17.5 Å². The molecule has 1 aromatic rings. The molecule has 154 valence electrons. The highest BCUT2D eigenvalue weighted by molar-refractivity contribution is 6.04. The molecule has 0 unspecified atom stereocenters. The first-order valence-corrected chi connectivity index (χ1v) is 11.0. The molecule has 0 aromatic carbocycles. The number of aromatic nitrogens is 2. The summed E-state index contributed by atoms with van der Waals surface area (Å²) >= 11 is 0. The summed E-state index contributed by atoms with van der Waals surface area (Å²) in [4.78, 5) is 26.5. The third kappa shape index (κ3) is 3.56. The molecule has 0 spiro atoms. The van der Waals surface area contributed by atoms with E-state index in [1.807, 2.05) is 13.2 Å². The summed E-state index contributed by atoms with van der Waals surface area (Å²) in [6, 6.07) is 0.626. The maximum atomic E-state index is 13.0. The Labute approximate surface area is 168 Å². The molecule has 3 heterocycles. The van der Waals surface area contributed by atoms with Crippen molar-refractivity contribution in [2.75, 3.05) is 35.3 Å². The van der Waals surface area contributed by atoms with Crippen molar-refractivity contribution in [2.45, 2.75) is 76.9 Å². The molecule has 2 aliphatic heterocycles. The van der Waals surface area contributed by atoms with Crippen LogP contribution in [0.15, 0.2) is 6.20 Å². The number of hydrogen-bond acceptors (Lipinski definition) is 6. The average molecular weight is 387 g/mol. The quantitative estimate of drug-likeness (QED) is 0.811. The predicted octanol–water partition coefficient (Wildman–Crippen LogP) is 2.78. The van der Waals surface area contributed by atoms with E-state index in [-0.39, 0.29) is 11.9 Å². The van der Waals surface area contributed by atoms with E-state index >= 15 is 0 Å². The van der Waals surface area contributed by atoms with Gasteiger partial charge in [0.15, 0.2) is 5.82 Å². The molecule has 4 rings (SSSR count). The first-order chi connectivity index (χ1) is 13.6. The van der Waals surface area contributed by atoms with Crippen molar-refractivity contribution in [3.8, 4) is 0 Å². The van der Waals surface area contributed by atoms with Crippen LogP contribution >= 0.6 is 0 Å². The van der Waals surface area contributed by atoms with E-state index in [4.69, 9.17) is 4.98 Å². The van der Waals surface area contributed by atoms with E-state index in [0.717, 1.165) is 43.9 Å². The van der Waals surface area contributed by atoms with E-state index < -0.39 is 0 Å². The number of anilines is 3. The van der Waals surface area contributed by atoms with E-state index in [1.54, 1.807) is 4.90 Å². The van der Waals surface area contributed by atoms with Crippen LogP contribution in [0.5, 0.6) is 0 Å². The maximum absolute atomic E-state index is 13.0. The Balaban J connectivity index is 1.62. The lowest BCUT2D eigenvalue weighted by Crippen LogP contribution is -2.55. The molecule has 1 saturated carbocycles. The lowest BCUT2D eigenvalue weighted by atomic mass is 9.91. The highest BCUT2D eigenvalue weighted by atomic mass is 16.2. The van der Waals surface area contributed by atoms with Crippen LogP contribution in [-0.4, -0.2) is 54.1 Å². The minimum absolute atomic E-state index is 0.120. The number of carbonyl (C=O) groups is 1. The minimum Gasteiger partial charge on any atom is -0.351 e. The van der Waals surface area contributed by atoms with E-state index in [2.05, 4.69) is 34.4 Å². The molecule has 7 heteroatoms. The molecule has 28 heavy (non-hydrogen) atoms. The van der Waals surface area contributed by atoms with Gasteiger partial charge in [0.1, 0.15) is 11.7 Å². The molecule has 1 amide bonds. The summed E-state index contributed by atoms with van der Waals surface area (Å²) in [6.45, 7) is 6.51. The molecule has 2 N–H and O–H groups in total. The van der Waals surface area contributed by atoms with Crippen molar-refractivity contribution < 1.29 is 4.79 Å². The molecule has 7 nitrogen and oxygen atoms in total. The number of fused-ring (bicyclic) bond motifs is 1. The van der Waals surface area contributed by atoms with Crippen molar-refractivity contribution in [3.63, 3.8) is 0 Å². The fourth-order valence-corrected chi connectivity index (χ4v) is 5.12. The number of carbonyl (C=O) groups excluding carboxylic acids is 1. The molecule has 2 atom stereocenters. The molecule has 0 bridgehead atoms. The van der Waals surface area contributed by atoms with Crippen molar-refractivity contribution in [3.05, 3.63) is 6.20 Å². The van der Waals surface area contributed by atoms with Gasteiger partial charge in [-0.15, -0.1) is 0 Å². The molecule has 1 aromatic heterocycles. The smallest absolute Gasteiger partial charge is 0.249 e. The zero-order chi connectivity index (χ0) is 19.7. The number of hydrogen-bond donors (Lipinski definition) is 2. The Kier molecular flexibility index (Phi) is 5.71. The lowest BCUT2D eigenvalue weighted by molar-refractivity contribution is -0.120. The van der Waals surface area contributed by atoms with Crippen molar-refractivity contribution in [1.29, 1.82) is 0 Å². The molecule has 1 aliphatic carbocycles. The Bertz CT molecular complexity index is 698. The summed E-state index contributed by atoms with van der Waals surface area (Å²) < 4.78 is 0. The number of likely N-dealkylation sites (N-methyl/N-ethyl adjacent to an activating group) is 1. The van der Waals surface area contributed by atoms with E-state index in [9.17, 15) is 4.79 Å². The highest BCUT2D eigenvalue weighted by Gasteiger charge is 2.41. The van der Waals surface area contributed by atoms with E-state index in [1.165, 1.54) is 25.7 Å². The van der Waals surface area contributed by atoms with Gasteiger partial charge in [-0.25, -0.2) is 4.98 Å². The van der Waals surface area contributed by atoms with Crippen molar-refractivity contribution in [2.24, 2.45) is 5.92 Å². The van der Waals surface area contributed by atoms with Gasteiger partial charge < -0.3 is 20.4 Å². The minimum atomic E-state index is -0.120. The van der Waals surface area contributed by atoms with Gasteiger partial charge >= 0.3 is 0 Å². The zero-order valence-corrected chi connectivity index (χ0v) is 17.4. The number of piperidine rings is 1. The normalized spacial score (nSPS) is 25.1. The first kappa shape index (κ1) is 19.4.